The number of aromatic amines is 1. The van der Waals surface area contributed by atoms with Crippen LogP contribution in [0.3, 0.4) is 0 Å². The molecule has 0 spiro atoms. The Bertz CT molecular complexity index is 1360. The van der Waals surface area contributed by atoms with Gasteiger partial charge in [-0.3, -0.25) is 4.98 Å². The average molecular weight is 379 g/mol. The number of hydrogen-bond donors (Lipinski definition) is 1. The molecule has 0 fully saturated rings. The summed E-state index contributed by atoms with van der Waals surface area (Å²) in [5.74, 6) is -0.745. The quantitative estimate of drug-likeness (QED) is 0.527. The Labute approximate surface area is 156 Å². The summed E-state index contributed by atoms with van der Waals surface area (Å²) in [6, 6.07) is 8.54. The zero-order valence-electron chi connectivity index (χ0n) is 14.6. The van der Waals surface area contributed by atoms with E-state index in [2.05, 4.69) is 15.2 Å². The molecule has 0 saturated carbocycles. The SMILES string of the molecule is CC1=NN=C(c2sc3ccc(F)cc3c2C)c2cc3oc(=O)[nH]c3cc2C1. The second kappa shape index (κ2) is 5.72. The van der Waals surface area contributed by atoms with Crippen LogP contribution in [0.1, 0.15) is 28.5 Å². The predicted octanol–water partition coefficient (Wildman–Crippen LogP) is 4.55. The standard InChI is InChI=1S/C20H14FN3O2S/c1-9-5-11-6-15-16(26-20(25)22-15)8-14(11)18(24-23-9)19-10(2)13-7-12(21)3-4-17(13)27-19/h3-4,6-8H,5H2,1-2H3,(H,22,25). The molecule has 0 aliphatic carbocycles. The number of aryl methyl sites for hydroxylation is 1. The highest BCUT2D eigenvalue weighted by Crippen LogP contribution is 2.35. The largest absolute Gasteiger partial charge is 0.417 e. The van der Waals surface area contributed by atoms with Crippen LogP contribution in [0.2, 0.25) is 0 Å². The van der Waals surface area contributed by atoms with E-state index in [4.69, 9.17) is 4.42 Å². The summed E-state index contributed by atoms with van der Waals surface area (Å²) < 4.78 is 19.9. The molecule has 134 valence electrons. The third-order valence-electron chi connectivity index (χ3n) is 4.78. The lowest BCUT2D eigenvalue weighted by Gasteiger charge is -2.08. The molecule has 7 heteroatoms. The monoisotopic (exact) mass is 379 g/mol. The lowest BCUT2D eigenvalue weighted by Crippen LogP contribution is -2.06. The molecule has 0 atom stereocenters. The number of aromatic nitrogens is 1. The molecule has 4 aromatic rings. The van der Waals surface area contributed by atoms with Crippen molar-refractivity contribution in [2.45, 2.75) is 20.3 Å². The van der Waals surface area contributed by atoms with Gasteiger partial charge in [0.25, 0.3) is 0 Å². The Hall–Kier alpha value is -3.06. The number of halogens is 1. The van der Waals surface area contributed by atoms with Gasteiger partial charge >= 0.3 is 5.76 Å². The lowest BCUT2D eigenvalue weighted by molar-refractivity contribution is 0.555. The van der Waals surface area contributed by atoms with Gasteiger partial charge in [0.1, 0.15) is 11.5 Å². The maximum atomic E-state index is 13.7. The van der Waals surface area contributed by atoms with E-state index in [1.807, 2.05) is 26.0 Å². The van der Waals surface area contributed by atoms with Gasteiger partial charge in [0, 0.05) is 22.4 Å². The normalized spacial score (nSPS) is 14.2. The predicted molar refractivity (Wildman–Crippen MR) is 106 cm³/mol. The van der Waals surface area contributed by atoms with E-state index in [1.165, 1.54) is 6.07 Å². The van der Waals surface area contributed by atoms with Crippen molar-refractivity contribution in [1.82, 2.24) is 4.98 Å². The molecule has 0 saturated heterocycles. The number of hydrogen-bond acceptors (Lipinski definition) is 5. The van der Waals surface area contributed by atoms with Crippen molar-refractivity contribution < 1.29 is 8.81 Å². The van der Waals surface area contributed by atoms with Crippen LogP contribution in [0.4, 0.5) is 4.39 Å². The Morgan fingerprint density at radius 2 is 2.04 bits per heavy atom. The molecule has 1 N–H and O–H groups in total. The molecule has 27 heavy (non-hydrogen) atoms. The first-order valence-corrected chi connectivity index (χ1v) is 9.27. The Morgan fingerprint density at radius 1 is 1.19 bits per heavy atom. The van der Waals surface area contributed by atoms with Crippen molar-refractivity contribution in [3.05, 3.63) is 68.3 Å². The topological polar surface area (TPSA) is 70.7 Å². The van der Waals surface area contributed by atoms with Crippen molar-refractivity contribution in [2.24, 2.45) is 10.2 Å². The molecule has 1 aliphatic heterocycles. The molecule has 5 nitrogen and oxygen atoms in total. The minimum absolute atomic E-state index is 0.261. The van der Waals surface area contributed by atoms with Crippen LogP contribution in [0.5, 0.6) is 0 Å². The van der Waals surface area contributed by atoms with E-state index in [0.29, 0.717) is 23.2 Å². The number of thiophene rings is 1. The van der Waals surface area contributed by atoms with Gasteiger partial charge in [-0.25, -0.2) is 9.18 Å². The van der Waals surface area contributed by atoms with Gasteiger partial charge in [-0.2, -0.15) is 5.10 Å². The highest BCUT2D eigenvalue weighted by atomic mass is 32.1. The highest BCUT2D eigenvalue weighted by molar-refractivity contribution is 7.21. The first-order chi connectivity index (χ1) is 13.0. The molecular formula is C20H14FN3O2S. The van der Waals surface area contributed by atoms with E-state index in [-0.39, 0.29) is 5.82 Å². The fourth-order valence-corrected chi connectivity index (χ4v) is 4.68. The number of fused-ring (bicyclic) bond motifs is 3. The zero-order valence-corrected chi connectivity index (χ0v) is 15.4. The molecule has 0 bridgehead atoms. The molecule has 3 heterocycles. The Morgan fingerprint density at radius 3 is 2.89 bits per heavy atom. The summed E-state index contributed by atoms with van der Waals surface area (Å²) in [5.41, 5.74) is 5.58. The maximum Gasteiger partial charge on any atom is 0.417 e. The summed E-state index contributed by atoms with van der Waals surface area (Å²) in [5, 5.41) is 9.72. The van der Waals surface area contributed by atoms with E-state index >= 15 is 0 Å². The minimum atomic E-state index is -0.484. The van der Waals surface area contributed by atoms with Crippen LogP contribution in [-0.4, -0.2) is 16.4 Å². The van der Waals surface area contributed by atoms with Crippen molar-refractivity contribution in [1.29, 1.82) is 0 Å². The maximum absolute atomic E-state index is 13.7. The van der Waals surface area contributed by atoms with Crippen LogP contribution < -0.4 is 5.76 Å². The fourth-order valence-electron chi connectivity index (χ4n) is 3.50. The molecule has 0 amide bonds. The number of H-pyrrole nitrogens is 1. The summed E-state index contributed by atoms with van der Waals surface area (Å²) in [6.45, 7) is 3.89. The van der Waals surface area contributed by atoms with Gasteiger partial charge in [-0.15, -0.1) is 16.4 Å². The van der Waals surface area contributed by atoms with E-state index in [1.54, 1.807) is 23.5 Å². The zero-order chi connectivity index (χ0) is 18.7. The number of oxazole rings is 1. The molecule has 0 radical (unpaired) electrons. The number of benzene rings is 2. The summed E-state index contributed by atoms with van der Waals surface area (Å²) in [7, 11) is 0. The van der Waals surface area contributed by atoms with Gasteiger partial charge in [0.15, 0.2) is 5.58 Å². The van der Waals surface area contributed by atoms with Crippen LogP contribution >= 0.6 is 11.3 Å². The van der Waals surface area contributed by atoms with Gasteiger partial charge in [0.05, 0.1) is 10.4 Å². The number of rotatable bonds is 1. The lowest BCUT2D eigenvalue weighted by atomic mass is 9.96. The minimum Gasteiger partial charge on any atom is -0.408 e. The summed E-state index contributed by atoms with van der Waals surface area (Å²) in [4.78, 5) is 15.2. The van der Waals surface area contributed by atoms with Gasteiger partial charge in [-0.1, -0.05) is 0 Å². The van der Waals surface area contributed by atoms with Crippen molar-refractivity contribution in [2.75, 3.05) is 0 Å². The fraction of sp³-hybridized carbons (Fsp3) is 0.150. The number of nitrogens with zero attached hydrogens (tertiary/aromatic N) is 2. The van der Waals surface area contributed by atoms with Crippen LogP contribution in [-0.2, 0) is 6.42 Å². The molecule has 1 aliphatic rings. The molecule has 2 aromatic carbocycles. The van der Waals surface area contributed by atoms with E-state index in [9.17, 15) is 9.18 Å². The second-order valence-corrected chi connectivity index (χ2v) is 7.73. The highest BCUT2D eigenvalue weighted by Gasteiger charge is 2.22. The molecule has 5 rings (SSSR count). The smallest absolute Gasteiger partial charge is 0.408 e. The number of nitrogens with one attached hydrogen (secondary N) is 1. The van der Waals surface area contributed by atoms with Gasteiger partial charge in [-0.05, 0) is 60.7 Å². The van der Waals surface area contributed by atoms with Crippen LogP contribution in [0, 0.1) is 12.7 Å². The Balaban J connectivity index is 1.81. The van der Waals surface area contributed by atoms with Crippen molar-refractivity contribution >= 4 is 43.9 Å². The van der Waals surface area contributed by atoms with Gasteiger partial charge in [0.2, 0.25) is 0 Å². The molecular weight excluding hydrogens is 365 g/mol. The average Bonchev–Trinajstić information content (AvgIpc) is 3.09. The molecule has 2 aromatic heterocycles. The second-order valence-electron chi connectivity index (χ2n) is 6.68. The first-order valence-electron chi connectivity index (χ1n) is 8.46. The summed E-state index contributed by atoms with van der Waals surface area (Å²) in [6.07, 6.45) is 0.629. The Kier molecular flexibility index (Phi) is 3.42. The van der Waals surface area contributed by atoms with Crippen molar-refractivity contribution in [3.63, 3.8) is 0 Å². The third kappa shape index (κ3) is 2.54. The van der Waals surface area contributed by atoms with E-state index < -0.39 is 5.76 Å². The summed E-state index contributed by atoms with van der Waals surface area (Å²) >= 11 is 1.56. The first kappa shape index (κ1) is 16.1. The van der Waals surface area contributed by atoms with Gasteiger partial charge < -0.3 is 4.42 Å². The van der Waals surface area contributed by atoms with E-state index in [0.717, 1.165) is 37.4 Å². The van der Waals surface area contributed by atoms with Crippen molar-refractivity contribution in [3.8, 4) is 0 Å². The van der Waals surface area contributed by atoms with Crippen LogP contribution in [0.25, 0.3) is 21.2 Å². The molecule has 0 unspecified atom stereocenters. The third-order valence-corrected chi connectivity index (χ3v) is 6.06. The van der Waals surface area contributed by atoms with Crippen LogP contribution in [0.15, 0.2) is 49.7 Å².